The highest BCUT2D eigenvalue weighted by molar-refractivity contribution is 7.92. The zero-order chi connectivity index (χ0) is 20.0. The Morgan fingerprint density at radius 3 is 2.56 bits per heavy atom. The van der Waals surface area contributed by atoms with Gasteiger partial charge in [-0.1, -0.05) is 6.07 Å². The second kappa shape index (κ2) is 9.25. The molecule has 0 bridgehead atoms. The van der Waals surface area contributed by atoms with Crippen molar-refractivity contribution in [2.45, 2.75) is 6.54 Å². The molecule has 1 aliphatic rings. The Balaban J connectivity index is 2.27. The number of ether oxygens (including phenoxy) is 2. The number of rotatable bonds is 8. The van der Waals surface area contributed by atoms with Crippen LogP contribution in [0.4, 0.5) is 10.5 Å². The van der Waals surface area contributed by atoms with Gasteiger partial charge in [0.2, 0.25) is 10.0 Å². The maximum atomic E-state index is 12.4. The predicted octanol–water partition coefficient (Wildman–Crippen LogP) is 0.903. The Labute approximate surface area is 160 Å². The number of nitrogens with zero attached hydrogens (tertiary/aromatic N) is 3. The number of hydrogen-bond acceptors (Lipinski definition) is 6. The Bertz CT molecular complexity index is 749. The lowest BCUT2D eigenvalue weighted by Gasteiger charge is -2.30. The maximum Gasteiger partial charge on any atom is 0.407 e. The van der Waals surface area contributed by atoms with E-state index in [2.05, 4.69) is 4.90 Å². The highest BCUT2D eigenvalue weighted by Crippen LogP contribution is 2.31. The van der Waals surface area contributed by atoms with Gasteiger partial charge in [0.15, 0.2) is 0 Å². The third-order valence-corrected chi connectivity index (χ3v) is 5.56. The molecule has 9 nitrogen and oxygen atoms in total. The van der Waals surface area contributed by atoms with Crippen molar-refractivity contribution in [1.82, 2.24) is 9.80 Å². The Kier molecular flexibility index (Phi) is 7.28. The van der Waals surface area contributed by atoms with Gasteiger partial charge in [-0.15, -0.1) is 0 Å². The summed E-state index contributed by atoms with van der Waals surface area (Å²) in [5, 5.41) is 9.06. The molecule has 0 atom stereocenters. The minimum atomic E-state index is -3.55. The first-order valence-electron chi connectivity index (χ1n) is 8.61. The zero-order valence-corrected chi connectivity index (χ0v) is 16.7. The third-order valence-electron chi connectivity index (χ3n) is 4.38. The van der Waals surface area contributed by atoms with E-state index < -0.39 is 16.1 Å². The van der Waals surface area contributed by atoms with Crippen LogP contribution in [-0.4, -0.2) is 89.2 Å². The molecule has 1 aromatic rings. The van der Waals surface area contributed by atoms with Crippen molar-refractivity contribution in [3.8, 4) is 5.75 Å². The Morgan fingerprint density at radius 2 is 2.00 bits per heavy atom. The Morgan fingerprint density at radius 1 is 1.33 bits per heavy atom. The summed E-state index contributed by atoms with van der Waals surface area (Å²) < 4.78 is 36.9. The molecule has 0 radical (unpaired) electrons. The number of anilines is 1. The number of amides is 1. The van der Waals surface area contributed by atoms with E-state index in [1.165, 1.54) is 18.5 Å². The summed E-state index contributed by atoms with van der Waals surface area (Å²) in [6, 6.07) is 5.05. The van der Waals surface area contributed by atoms with E-state index in [4.69, 9.17) is 14.6 Å². The molecule has 1 aliphatic heterocycles. The van der Waals surface area contributed by atoms with E-state index in [0.29, 0.717) is 36.8 Å². The molecule has 1 aromatic carbocycles. The SMILES string of the molecule is COc1ccc(CN(C)C(=O)O)cc1N(CCN1CCOCC1)S(C)(=O)=O. The predicted molar refractivity (Wildman–Crippen MR) is 102 cm³/mol. The highest BCUT2D eigenvalue weighted by Gasteiger charge is 2.23. The van der Waals surface area contributed by atoms with Crippen LogP contribution in [-0.2, 0) is 21.3 Å². The van der Waals surface area contributed by atoms with Gasteiger partial charge in [0.05, 0.1) is 32.3 Å². The minimum Gasteiger partial charge on any atom is -0.495 e. The van der Waals surface area contributed by atoms with Crippen LogP contribution in [0.3, 0.4) is 0 Å². The summed E-state index contributed by atoms with van der Waals surface area (Å²) in [5.74, 6) is 0.420. The van der Waals surface area contributed by atoms with Crippen LogP contribution < -0.4 is 9.04 Å². The van der Waals surface area contributed by atoms with Crippen LogP contribution >= 0.6 is 0 Å². The van der Waals surface area contributed by atoms with Crippen LogP contribution in [0.1, 0.15) is 5.56 Å². The number of sulfonamides is 1. The smallest absolute Gasteiger partial charge is 0.407 e. The molecule has 27 heavy (non-hydrogen) atoms. The molecule has 0 unspecified atom stereocenters. The van der Waals surface area contributed by atoms with Crippen molar-refractivity contribution >= 4 is 21.8 Å². The maximum absolute atomic E-state index is 12.4. The van der Waals surface area contributed by atoms with Crippen molar-refractivity contribution < 1.29 is 27.8 Å². The topological polar surface area (TPSA) is 99.6 Å². The lowest BCUT2D eigenvalue weighted by molar-refractivity contribution is 0.0395. The van der Waals surface area contributed by atoms with E-state index >= 15 is 0 Å². The van der Waals surface area contributed by atoms with Gasteiger partial charge >= 0.3 is 6.09 Å². The summed E-state index contributed by atoms with van der Waals surface area (Å²) in [7, 11) is -0.614. The fourth-order valence-corrected chi connectivity index (χ4v) is 3.81. The number of hydrogen-bond donors (Lipinski definition) is 1. The summed E-state index contributed by atoms with van der Waals surface area (Å²) >= 11 is 0. The Hall–Kier alpha value is -2.04. The molecule has 2 rings (SSSR count). The van der Waals surface area contributed by atoms with Crippen molar-refractivity contribution in [2.75, 3.05) is 64.1 Å². The van der Waals surface area contributed by atoms with E-state index in [1.54, 1.807) is 18.2 Å². The molecule has 1 heterocycles. The standard InChI is InChI=1S/C17H27N3O6S/c1-18(17(21)22)13-14-4-5-16(25-2)15(12-14)20(27(3,23)24)7-6-19-8-10-26-11-9-19/h4-5,12H,6-11,13H2,1-3H3,(H,21,22). The monoisotopic (exact) mass is 401 g/mol. The average molecular weight is 401 g/mol. The molecule has 152 valence electrons. The summed E-state index contributed by atoms with van der Waals surface area (Å²) in [6.07, 6.45) is 0.0987. The van der Waals surface area contributed by atoms with Gasteiger partial charge in [-0.2, -0.15) is 0 Å². The molecule has 1 amide bonds. The summed E-state index contributed by atoms with van der Waals surface area (Å²) in [5.41, 5.74) is 1.08. The van der Waals surface area contributed by atoms with Gasteiger partial charge in [0, 0.05) is 39.8 Å². The highest BCUT2D eigenvalue weighted by atomic mass is 32.2. The van der Waals surface area contributed by atoms with Gasteiger partial charge in [-0.25, -0.2) is 13.2 Å². The molecule has 1 N–H and O–H groups in total. The molecule has 1 fully saturated rings. The van der Waals surface area contributed by atoms with Crippen molar-refractivity contribution in [1.29, 1.82) is 0 Å². The van der Waals surface area contributed by atoms with Crippen LogP contribution in [0.25, 0.3) is 0 Å². The van der Waals surface area contributed by atoms with E-state index in [-0.39, 0.29) is 13.1 Å². The van der Waals surface area contributed by atoms with E-state index in [0.717, 1.165) is 24.2 Å². The van der Waals surface area contributed by atoms with Gasteiger partial charge in [-0.3, -0.25) is 9.21 Å². The lowest BCUT2D eigenvalue weighted by atomic mass is 10.1. The van der Waals surface area contributed by atoms with Crippen molar-refractivity contribution in [3.05, 3.63) is 23.8 Å². The molecule has 0 aliphatic carbocycles. The summed E-state index contributed by atoms with van der Waals surface area (Å²) in [6.45, 7) is 3.79. The second-order valence-corrected chi connectivity index (χ2v) is 8.34. The fourth-order valence-electron chi connectivity index (χ4n) is 2.89. The van der Waals surface area contributed by atoms with E-state index in [9.17, 15) is 13.2 Å². The normalized spacial score (nSPS) is 15.4. The van der Waals surface area contributed by atoms with Crippen LogP contribution in [0.2, 0.25) is 0 Å². The zero-order valence-electron chi connectivity index (χ0n) is 15.9. The van der Waals surface area contributed by atoms with Gasteiger partial charge in [0.1, 0.15) is 5.75 Å². The molecule has 0 aromatic heterocycles. The number of methoxy groups -OCH3 is 1. The van der Waals surface area contributed by atoms with E-state index in [1.807, 2.05) is 0 Å². The van der Waals surface area contributed by atoms with Crippen LogP contribution in [0, 0.1) is 0 Å². The molecule has 10 heteroatoms. The molecular weight excluding hydrogens is 374 g/mol. The largest absolute Gasteiger partial charge is 0.495 e. The molecule has 0 saturated carbocycles. The van der Waals surface area contributed by atoms with Gasteiger partial charge in [0.25, 0.3) is 0 Å². The van der Waals surface area contributed by atoms with Gasteiger partial charge < -0.3 is 19.5 Å². The van der Waals surface area contributed by atoms with Crippen molar-refractivity contribution in [2.24, 2.45) is 0 Å². The van der Waals surface area contributed by atoms with Crippen LogP contribution in [0.15, 0.2) is 18.2 Å². The minimum absolute atomic E-state index is 0.146. The summed E-state index contributed by atoms with van der Waals surface area (Å²) in [4.78, 5) is 14.3. The molecule has 0 spiro atoms. The lowest BCUT2D eigenvalue weighted by Crippen LogP contribution is -2.43. The molecule has 1 saturated heterocycles. The van der Waals surface area contributed by atoms with Gasteiger partial charge in [-0.05, 0) is 17.7 Å². The number of morpholine rings is 1. The first kappa shape index (κ1) is 21.3. The number of carboxylic acid groups (broad SMARTS) is 1. The first-order chi connectivity index (χ1) is 12.7. The second-order valence-electron chi connectivity index (χ2n) is 6.43. The third kappa shape index (κ3) is 5.98. The first-order valence-corrected chi connectivity index (χ1v) is 10.5. The number of carbonyl (C=O) groups is 1. The number of benzene rings is 1. The molecular formula is C17H27N3O6S. The average Bonchev–Trinajstić information content (AvgIpc) is 2.61. The quantitative estimate of drug-likeness (QED) is 0.691. The fraction of sp³-hybridized carbons (Fsp3) is 0.588. The van der Waals surface area contributed by atoms with Crippen LogP contribution in [0.5, 0.6) is 5.75 Å². The van der Waals surface area contributed by atoms with Crippen molar-refractivity contribution in [3.63, 3.8) is 0 Å².